The van der Waals surface area contributed by atoms with Gasteiger partial charge in [-0.25, -0.2) is 0 Å². The maximum absolute atomic E-state index is 13.3. The number of carbonyl (C=O) groups is 3. The van der Waals surface area contributed by atoms with E-state index in [1.54, 1.807) is 29.4 Å². The second kappa shape index (κ2) is 7.48. The van der Waals surface area contributed by atoms with E-state index in [0.717, 1.165) is 11.1 Å². The smallest absolute Gasteiger partial charge is 0.254 e. The van der Waals surface area contributed by atoms with Crippen LogP contribution in [0, 0.1) is 12.8 Å². The maximum Gasteiger partial charge on any atom is 0.254 e. The van der Waals surface area contributed by atoms with Gasteiger partial charge in [-0.15, -0.1) is 0 Å². The van der Waals surface area contributed by atoms with Gasteiger partial charge in [-0.2, -0.15) is 0 Å². The number of rotatable bonds is 2. The van der Waals surface area contributed by atoms with Crippen molar-refractivity contribution in [1.29, 1.82) is 0 Å². The Morgan fingerprint density at radius 1 is 1.23 bits per heavy atom. The van der Waals surface area contributed by atoms with Crippen LogP contribution in [0.25, 0.3) is 0 Å². The van der Waals surface area contributed by atoms with Crippen LogP contribution in [-0.4, -0.2) is 51.8 Å². The van der Waals surface area contributed by atoms with Crippen molar-refractivity contribution in [1.82, 2.24) is 20.5 Å². The minimum absolute atomic E-state index is 0.154. The number of fused-ring (bicyclic) bond motifs is 1. The molecular weight excluding hydrogens is 392 g/mol. The number of likely N-dealkylation sites (tertiary alicyclic amines) is 1. The number of pyridine rings is 1. The number of aromatic nitrogens is 1. The first kappa shape index (κ1) is 21.0. The molecule has 4 rings (SSSR count). The second-order valence-corrected chi connectivity index (χ2v) is 9.61. The quantitative estimate of drug-likeness (QED) is 0.778. The van der Waals surface area contributed by atoms with E-state index in [1.165, 1.54) is 0 Å². The molecule has 0 radical (unpaired) electrons. The van der Waals surface area contributed by atoms with Crippen LogP contribution < -0.4 is 10.6 Å². The third-order valence-electron chi connectivity index (χ3n) is 6.03. The van der Waals surface area contributed by atoms with E-state index in [4.69, 9.17) is 0 Å². The first-order chi connectivity index (χ1) is 14.6. The molecule has 2 atom stereocenters. The molecule has 1 aromatic carbocycles. The highest BCUT2D eigenvalue weighted by Crippen LogP contribution is 2.36. The lowest BCUT2D eigenvalue weighted by atomic mass is 9.76. The molecule has 2 N–H and O–H groups in total. The zero-order chi connectivity index (χ0) is 22.4. The standard InChI is InChI=1S/C24H28N4O3/c1-15-12-25-10-9-17(15)22(31)28-13-19(21(30)26-23(2,3)4)24(14-28)11-16-7-5-6-8-18(16)20(29)27-24/h5-10,12,19H,11,13-14H2,1-4H3,(H,26,30)(H,27,29)/t19-,24+/m0/s1. The van der Waals surface area contributed by atoms with E-state index in [2.05, 4.69) is 15.6 Å². The Bertz CT molecular complexity index is 1060. The summed E-state index contributed by atoms with van der Waals surface area (Å²) in [5.41, 5.74) is 1.59. The fourth-order valence-corrected chi connectivity index (χ4v) is 4.62. The number of hydrogen-bond donors (Lipinski definition) is 2. The first-order valence-electron chi connectivity index (χ1n) is 10.5. The summed E-state index contributed by atoms with van der Waals surface area (Å²) < 4.78 is 0. The predicted octanol–water partition coefficient (Wildman–Crippen LogP) is 2.10. The van der Waals surface area contributed by atoms with Crippen LogP contribution in [0.2, 0.25) is 0 Å². The van der Waals surface area contributed by atoms with E-state index in [1.807, 2.05) is 45.9 Å². The van der Waals surface area contributed by atoms with Crippen molar-refractivity contribution >= 4 is 17.7 Å². The van der Waals surface area contributed by atoms with Crippen LogP contribution in [0.5, 0.6) is 0 Å². The lowest BCUT2D eigenvalue weighted by Gasteiger charge is -2.39. The van der Waals surface area contributed by atoms with Gasteiger partial charge in [-0.1, -0.05) is 18.2 Å². The van der Waals surface area contributed by atoms with Crippen LogP contribution >= 0.6 is 0 Å². The van der Waals surface area contributed by atoms with Crippen LogP contribution in [-0.2, 0) is 11.2 Å². The molecule has 0 unspecified atom stereocenters. The van der Waals surface area contributed by atoms with Gasteiger partial charge in [0.2, 0.25) is 5.91 Å². The Morgan fingerprint density at radius 2 is 1.97 bits per heavy atom. The second-order valence-electron chi connectivity index (χ2n) is 9.61. The van der Waals surface area contributed by atoms with Crippen molar-refractivity contribution in [2.45, 2.75) is 45.2 Å². The molecule has 1 spiro atoms. The van der Waals surface area contributed by atoms with Gasteiger partial charge in [0.1, 0.15) is 0 Å². The lowest BCUT2D eigenvalue weighted by molar-refractivity contribution is -0.127. The molecule has 2 aliphatic rings. The Hall–Kier alpha value is -3.22. The Labute approximate surface area is 182 Å². The lowest BCUT2D eigenvalue weighted by Crippen LogP contribution is -2.62. The molecule has 2 aliphatic heterocycles. The van der Waals surface area contributed by atoms with Crippen LogP contribution in [0.4, 0.5) is 0 Å². The summed E-state index contributed by atoms with van der Waals surface area (Å²) in [5.74, 6) is -1.08. The molecule has 3 amide bonds. The first-order valence-corrected chi connectivity index (χ1v) is 10.5. The highest BCUT2D eigenvalue weighted by atomic mass is 16.2. The van der Waals surface area contributed by atoms with E-state index in [0.29, 0.717) is 17.5 Å². The summed E-state index contributed by atoms with van der Waals surface area (Å²) in [5, 5.41) is 6.15. The number of nitrogens with one attached hydrogen (secondary N) is 2. The van der Waals surface area contributed by atoms with Gasteiger partial charge >= 0.3 is 0 Å². The topological polar surface area (TPSA) is 91.4 Å². The molecule has 7 heteroatoms. The molecule has 1 fully saturated rings. The van der Waals surface area contributed by atoms with E-state index < -0.39 is 17.0 Å². The molecule has 162 valence electrons. The van der Waals surface area contributed by atoms with Gasteiger partial charge < -0.3 is 15.5 Å². The number of hydrogen-bond acceptors (Lipinski definition) is 4. The summed E-state index contributed by atoms with van der Waals surface area (Å²) in [6, 6.07) is 9.14. The van der Waals surface area contributed by atoms with E-state index >= 15 is 0 Å². The van der Waals surface area contributed by atoms with Crippen LogP contribution in [0.3, 0.4) is 0 Å². The zero-order valence-corrected chi connectivity index (χ0v) is 18.4. The summed E-state index contributed by atoms with van der Waals surface area (Å²) in [6.07, 6.45) is 3.74. The Kier molecular flexibility index (Phi) is 5.07. The summed E-state index contributed by atoms with van der Waals surface area (Å²) in [6.45, 7) is 8.12. The Morgan fingerprint density at radius 3 is 2.68 bits per heavy atom. The summed E-state index contributed by atoms with van der Waals surface area (Å²) in [7, 11) is 0. The highest BCUT2D eigenvalue weighted by Gasteiger charge is 2.54. The summed E-state index contributed by atoms with van der Waals surface area (Å²) in [4.78, 5) is 45.3. The van der Waals surface area contributed by atoms with Gasteiger partial charge in [0.15, 0.2) is 0 Å². The molecule has 1 saturated heterocycles. The van der Waals surface area contributed by atoms with Crippen molar-refractivity contribution in [3.63, 3.8) is 0 Å². The van der Waals surface area contributed by atoms with Crippen molar-refractivity contribution in [3.8, 4) is 0 Å². The fourth-order valence-electron chi connectivity index (χ4n) is 4.62. The molecule has 0 saturated carbocycles. The van der Waals surface area contributed by atoms with Crippen LogP contribution in [0.15, 0.2) is 42.7 Å². The van der Waals surface area contributed by atoms with Gasteiger partial charge in [0.25, 0.3) is 11.8 Å². The largest absolute Gasteiger partial charge is 0.351 e. The normalized spacial score (nSPS) is 22.8. The highest BCUT2D eigenvalue weighted by molar-refractivity contribution is 6.00. The Balaban J connectivity index is 1.71. The molecule has 3 heterocycles. The van der Waals surface area contributed by atoms with Gasteiger partial charge in [-0.05, 0) is 57.4 Å². The SMILES string of the molecule is Cc1cnccc1C(=O)N1C[C@@H](C(=O)NC(C)(C)C)[C@@]2(Cc3ccccc3C(=O)N2)C1. The maximum atomic E-state index is 13.3. The molecule has 0 bridgehead atoms. The van der Waals surface area contributed by atoms with Crippen molar-refractivity contribution < 1.29 is 14.4 Å². The van der Waals surface area contributed by atoms with E-state index in [-0.39, 0.29) is 30.8 Å². The van der Waals surface area contributed by atoms with Gasteiger partial charge in [-0.3, -0.25) is 19.4 Å². The third kappa shape index (κ3) is 3.92. The van der Waals surface area contributed by atoms with Gasteiger partial charge in [0.05, 0.1) is 11.5 Å². The number of aryl methyl sites for hydroxylation is 1. The average Bonchev–Trinajstić information content (AvgIpc) is 3.05. The van der Waals surface area contributed by atoms with Crippen molar-refractivity contribution in [3.05, 3.63) is 65.0 Å². The molecular formula is C24H28N4O3. The predicted molar refractivity (Wildman–Crippen MR) is 117 cm³/mol. The minimum Gasteiger partial charge on any atom is -0.351 e. The van der Waals surface area contributed by atoms with E-state index in [9.17, 15) is 14.4 Å². The van der Waals surface area contributed by atoms with Crippen molar-refractivity contribution in [2.75, 3.05) is 13.1 Å². The zero-order valence-electron chi connectivity index (χ0n) is 18.4. The number of benzene rings is 1. The number of amides is 3. The molecule has 2 aromatic rings. The van der Waals surface area contributed by atoms with Crippen LogP contribution in [0.1, 0.15) is 52.6 Å². The number of carbonyl (C=O) groups excluding carboxylic acids is 3. The molecule has 7 nitrogen and oxygen atoms in total. The summed E-state index contributed by atoms with van der Waals surface area (Å²) >= 11 is 0. The minimum atomic E-state index is -0.850. The van der Waals surface area contributed by atoms with Crippen molar-refractivity contribution in [2.24, 2.45) is 5.92 Å². The monoisotopic (exact) mass is 420 g/mol. The molecule has 0 aliphatic carbocycles. The third-order valence-corrected chi connectivity index (χ3v) is 6.03. The van der Waals surface area contributed by atoms with Gasteiger partial charge in [0, 0.05) is 42.1 Å². The number of nitrogens with zero attached hydrogens (tertiary/aromatic N) is 2. The average molecular weight is 421 g/mol. The molecule has 31 heavy (non-hydrogen) atoms. The fraction of sp³-hybridized carbons (Fsp3) is 0.417. The molecule has 1 aromatic heterocycles.